The third kappa shape index (κ3) is 5.36. The molecule has 0 radical (unpaired) electrons. The Morgan fingerprint density at radius 2 is 1.89 bits per heavy atom. The second-order valence-corrected chi connectivity index (χ2v) is 10.6. The summed E-state index contributed by atoms with van der Waals surface area (Å²) in [6.07, 6.45) is 2.59. The quantitative estimate of drug-likeness (QED) is 0.443. The number of nitrogens with zero attached hydrogens (tertiary/aromatic N) is 2. The Hall–Kier alpha value is -3.36. The number of carbonyl (C=O) groups excluding carboxylic acids is 2. The number of halogens is 2. The maximum absolute atomic E-state index is 13.9. The summed E-state index contributed by atoms with van der Waals surface area (Å²) in [5, 5.41) is 3.03. The van der Waals surface area contributed by atoms with Gasteiger partial charge in [-0.05, 0) is 60.4 Å². The molecule has 1 fully saturated rings. The lowest BCUT2D eigenvalue weighted by Crippen LogP contribution is -2.50. The van der Waals surface area contributed by atoms with E-state index in [4.69, 9.17) is 16.3 Å². The Balaban J connectivity index is 1.45. The first-order chi connectivity index (χ1) is 17.8. The smallest absolute Gasteiger partial charge is 0.270 e. The number of benzene rings is 2. The minimum absolute atomic E-state index is 0.00847. The lowest BCUT2D eigenvalue weighted by atomic mass is 9.83. The van der Waals surface area contributed by atoms with Crippen molar-refractivity contribution in [3.8, 4) is 5.75 Å². The number of carbonyl (C=O) groups is 2. The molecule has 37 heavy (non-hydrogen) atoms. The zero-order valence-corrected chi connectivity index (χ0v) is 22.5. The summed E-state index contributed by atoms with van der Waals surface area (Å²) < 4.78 is 7.85. The van der Waals surface area contributed by atoms with Crippen LogP contribution in [0.5, 0.6) is 5.75 Å². The summed E-state index contributed by atoms with van der Waals surface area (Å²) in [6, 6.07) is 17.6. The highest BCUT2D eigenvalue weighted by Crippen LogP contribution is 2.35. The maximum Gasteiger partial charge on any atom is 0.270 e. The zero-order valence-electron chi connectivity index (χ0n) is 20.1. The van der Waals surface area contributed by atoms with E-state index in [-0.39, 0.29) is 39.6 Å². The number of ether oxygens (including phenoxy) is 1. The molecular weight excluding hydrogens is 558 g/mol. The average Bonchev–Trinajstić information content (AvgIpc) is 2.88. The minimum atomic E-state index is -0.489. The van der Waals surface area contributed by atoms with Crippen LogP contribution in [0.1, 0.15) is 34.0 Å². The first kappa shape index (κ1) is 25.3. The molecule has 5 rings (SSSR count). The molecule has 2 unspecified atom stereocenters. The van der Waals surface area contributed by atoms with Gasteiger partial charge in [0.1, 0.15) is 11.4 Å². The summed E-state index contributed by atoms with van der Waals surface area (Å²) in [7, 11) is 1.52. The Bertz CT molecular complexity index is 1470. The van der Waals surface area contributed by atoms with E-state index in [1.54, 1.807) is 41.3 Å². The van der Waals surface area contributed by atoms with Gasteiger partial charge in [0.2, 0.25) is 0 Å². The van der Waals surface area contributed by atoms with Gasteiger partial charge in [0, 0.05) is 41.8 Å². The van der Waals surface area contributed by atoms with Gasteiger partial charge >= 0.3 is 0 Å². The Labute approximate surface area is 227 Å². The third-order valence-electron chi connectivity index (χ3n) is 6.83. The van der Waals surface area contributed by atoms with Gasteiger partial charge in [-0.3, -0.25) is 14.4 Å². The fourth-order valence-corrected chi connectivity index (χ4v) is 5.82. The molecule has 2 aliphatic rings. The number of nitrogens with one attached hydrogen (secondary N) is 1. The van der Waals surface area contributed by atoms with Crippen LogP contribution in [0.4, 0.5) is 0 Å². The number of aromatic nitrogens is 1. The van der Waals surface area contributed by atoms with E-state index in [9.17, 15) is 14.4 Å². The second kappa shape index (κ2) is 10.6. The van der Waals surface area contributed by atoms with Crippen molar-refractivity contribution in [2.45, 2.75) is 18.9 Å². The normalized spacial score (nSPS) is 18.7. The standard InChI is InChI=1S/C28H25BrClN3O4/c1-37-21-8-9-22(23(30)13-21)27(35)31-24(12-17-4-2-5-20(29)11-17)28(36)32-14-18-10-19(16-32)25-6-3-7-26(34)33(25)15-18/h2-9,11-13,18-19H,10,14-16H2,1H3,(H,31,35). The predicted molar refractivity (Wildman–Crippen MR) is 146 cm³/mol. The maximum atomic E-state index is 13.9. The molecule has 9 heteroatoms. The highest BCUT2D eigenvalue weighted by molar-refractivity contribution is 9.10. The topological polar surface area (TPSA) is 80.6 Å². The molecule has 2 aromatic carbocycles. The van der Waals surface area contributed by atoms with Gasteiger partial charge in [-0.15, -0.1) is 0 Å². The summed E-state index contributed by atoms with van der Waals surface area (Å²) >= 11 is 9.79. The molecule has 2 atom stereocenters. The molecule has 1 aromatic heterocycles. The molecule has 0 aliphatic carbocycles. The number of piperidine rings is 1. The van der Waals surface area contributed by atoms with Gasteiger partial charge in [-0.25, -0.2) is 0 Å². The van der Waals surface area contributed by atoms with Crippen molar-refractivity contribution in [1.82, 2.24) is 14.8 Å². The molecular formula is C28H25BrClN3O4. The van der Waals surface area contributed by atoms with Crippen molar-refractivity contribution in [2.75, 3.05) is 20.2 Å². The largest absolute Gasteiger partial charge is 0.497 e. The monoisotopic (exact) mass is 581 g/mol. The Morgan fingerprint density at radius 1 is 1.08 bits per heavy atom. The Kier molecular flexibility index (Phi) is 7.22. The molecule has 2 amide bonds. The number of hydrogen-bond donors (Lipinski definition) is 1. The number of amides is 2. The Morgan fingerprint density at radius 3 is 2.65 bits per heavy atom. The van der Waals surface area contributed by atoms with Crippen LogP contribution in [0.15, 0.2) is 75.6 Å². The van der Waals surface area contributed by atoms with Crippen molar-refractivity contribution in [3.63, 3.8) is 0 Å². The van der Waals surface area contributed by atoms with Gasteiger partial charge in [0.05, 0.1) is 17.7 Å². The minimum Gasteiger partial charge on any atom is -0.497 e. The summed E-state index contributed by atoms with van der Waals surface area (Å²) in [6.45, 7) is 1.55. The van der Waals surface area contributed by atoms with Gasteiger partial charge in [-0.2, -0.15) is 0 Å². The molecule has 3 aromatic rings. The summed E-state index contributed by atoms with van der Waals surface area (Å²) in [4.78, 5) is 41.2. The molecule has 0 spiro atoms. The van der Waals surface area contributed by atoms with Crippen LogP contribution in [-0.2, 0) is 11.3 Å². The van der Waals surface area contributed by atoms with E-state index in [0.717, 1.165) is 22.2 Å². The fourth-order valence-electron chi connectivity index (χ4n) is 5.14. The number of methoxy groups -OCH3 is 1. The van der Waals surface area contributed by atoms with Crippen molar-refractivity contribution in [3.05, 3.63) is 103 Å². The van der Waals surface area contributed by atoms with Crippen molar-refractivity contribution in [2.24, 2.45) is 5.92 Å². The first-order valence-corrected chi connectivity index (χ1v) is 13.1. The molecule has 7 nitrogen and oxygen atoms in total. The number of hydrogen-bond acceptors (Lipinski definition) is 4. The summed E-state index contributed by atoms with van der Waals surface area (Å²) in [5.74, 6) is -0.0177. The number of pyridine rings is 1. The van der Waals surface area contributed by atoms with E-state index < -0.39 is 5.91 Å². The van der Waals surface area contributed by atoms with Crippen LogP contribution in [-0.4, -0.2) is 41.5 Å². The highest BCUT2D eigenvalue weighted by atomic mass is 79.9. The van der Waals surface area contributed by atoms with E-state index in [1.165, 1.54) is 7.11 Å². The molecule has 0 saturated carbocycles. The molecule has 3 heterocycles. The molecule has 2 bridgehead atoms. The number of likely N-dealkylation sites (tertiary alicyclic amines) is 1. The first-order valence-electron chi connectivity index (χ1n) is 11.9. The second-order valence-electron chi connectivity index (χ2n) is 9.32. The molecule has 1 saturated heterocycles. The lowest BCUT2D eigenvalue weighted by molar-refractivity contribution is -0.130. The molecule has 1 N–H and O–H groups in total. The number of fused-ring (bicyclic) bond motifs is 4. The van der Waals surface area contributed by atoms with E-state index >= 15 is 0 Å². The van der Waals surface area contributed by atoms with E-state index in [0.29, 0.717) is 25.4 Å². The zero-order chi connectivity index (χ0) is 26.1. The lowest BCUT2D eigenvalue weighted by Gasteiger charge is -2.43. The van der Waals surface area contributed by atoms with Crippen LogP contribution in [0.3, 0.4) is 0 Å². The van der Waals surface area contributed by atoms with E-state index in [1.807, 2.05) is 34.9 Å². The van der Waals surface area contributed by atoms with Crippen molar-refractivity contribution < 1.29 is 14.3 Å². The average molecular weight is 583 g/mol. The van der Waals surface area contributed by atoms with Crippen LogP contribution >= 0.6 is 27.5 Å². The highest BCUT2D eigenvalue weighted by Gasteiger charge is 2.37. The molecule has 2 aliphatic heterocycles. The van der Waals surface area contributed by atoms with Crippen molar-refractivity contribution >= 4 is 45.4 Å². The van der Waals surface area contributed by atoms with Crippen LogP contribution < -0.4 is 15.6 Å². The van der Waals surface area contributed by atoms with Gasteiger partial charge in [-0.1, -0.05) is 45.7 Å². The van der Waals surface area contributed by atoms with Crippen LogP contribution in [0.25, 0.3) is 6.08 Å². The predicted octanol–water partition coefficient (Wildman–Crippen LogP) is 4.69. The van der Waals surface area contributed by atoms with Crippen LogP contribution in [0, 0.1) is 5.92 Å². The number of rotatable bonds is 5. The van der Waals surface area contributed by atoms with Crippen LogP contribution in [0.2, 0.25) is 5.02 Å². The van der Waals surface area contributed by atoms with Gasteiger partial charge < -0.3 is 19.5 Å². The van der Waals surface area contributed by atoms with Gasteiger partial charge in [0.25, 0.3) is 17.4 Å². The van der Waals surface area contributed by atoms with E-state index in [2.05, 4.69) is 21.2 Å². The third-order valence-corrected chi connectivity index (χ3v) is 7.63. The SMILES string of the molecule is COc1ccc(C(=O)NC(=Cc2cccc(Br)c2)C(=O)N2CC3CC(C2)c2cccc(=O)n2C3)c(Cl)c1. The molecule has 190 valence electrons. The van der Waals surface area contributed by atoms with Gasteiger partial charge in [0.15, 0.2) is 0 Å². The summed E-state index contributed by atoms with van der Waals surface area (Å²) in [5.41, 5.74) is 2.09. The van der Waals surface area contributed by atoms with Crippen molar-refractivity contribution in [1.29, 1.82) is 0 Å². The fraction of sp³-hybridized carbons (Fsp3) is 0.250.